The smallest absolute Gasteiger partial charge is 0.213 e. The molecule has 3 rings (SSSR count). The van der Waals surface area contributed by atoms with Gasteiger partial charge < -0.3 is 20.0 Å². The summed E-state index contributed by atoms with van der Waals surface area (Å²) in [5, 5.41) is 7.72. The van der Waals surface area contributed by atoms with E-state index >= 15 is 0 Å². The molecule has 0 atom stereocenters. The number of hydrogen-bond donors (Lipinski definition) is 2. The van der Waals surface area contributed by atoms with E-state index in [9.17, 15) is 0 Å². The van der Waals surface area contributed by atoms with Gasteiger partial charge in [-0.25, -0.2) is 15.0 Å². The second-order valence-electron chi connectivity index (χ2n) is 8.47. The fraction of sp³-hybridized carbons (Fsp3) is 0.435. The summed E-state index contributed by atoms with van der Waals surface area (Å²) >= 11 is 0. The molecule has 0 saturated carbocycles. The van der Waals surface area contributed by atoms with Crippen LogP contribution in [0.5, 0.6) is 0 Å². The highest BCUT2D eigenvalue weighted by molar-refractivity contribution is 14.0. The van der Waals surface area contributed by atoms with E-state index in [-0.39, 0.29) is 29.4 Å². The van der Waals surface area contributed by atoms with Gasteiger partial charge in [-0.2, -0.15) is 0 Å². The SMILES string of the molecule is CCNC(=NCc1cc(N(C)C)nc2ccccc12)NCc1ncc(C(C)(C)C)o1.I. The van der Waals surface area contributed by atoms with E-state index in [1.165, 1.54) is 0 Å². The Morgan fingerprint density at radius 1 is 1.16 bits per heavy atom. The number of oxazole rings is 1. The van der Waals surface area contributed by atoms with Gasteiger partial charge in [-0.05, 0) is 24.6 Å². The number of aliphatic imine (C=N–C) groups is 1. The standard InChI is InChI=1S/C23H32N6O.HI/c1-7-24-22(27-15-21-25-14-19(30-21)23(2,3)4)26-13-16-12-20(29(5)6)28-18-11-9-8-10-17(16)18;/h8-12,14H,7,13,15H2,1-6H3,(H2,24,26,27);1H. The Balaban J connectivity index is 0.00000341. The zero-order valence-electron chi connectivity index (χ0n) is 19.2. The van der Waals surface area contributed by atoms with Gasteiger partial charge in [0.15, 0.2) is 5.96 Å². The van der Waals surface area contributed by atoms with Crippen molar-refractivity contribution in [3.05, 3.63) is 53.7 Å². The third-order valence-electron chi connectivity index (χ3n) is 4.70. The molecule has 0 aliphatic rings. The fourth-order valence-corrected chi connectivity index (χ4v) is 3.00. The first kappa shape index (κ1) is 24.9. The summed E-state index contributed by atoms with van der Waals surface area (Å²) in [5.74, 6) is 3.17. The Bertz CT molecular complexity index is 1020. The minimum absolute atomic E-state index is 0. The molecule has 0 fully saturated rings. The summed E-state index contributed by atoms with van der Waals surface area (Å²) in [6, 6.07) is 10.3. The van der Waals surface area contributed by atoms with E-state index in [0.717, 1.165) is 40.5 Å². The lowest BCUT2D eigenvalue weighted by Crippen LogP contribution is -2.36. The molecule has 0 aliphatic carbocycles. The number of aromatic nitrogens is 2. The number of halogens is 1. The normalized spacial score (nSPS) is 11.9. The molecule has 8 heteroatoms. The molecule has 0 amide bonds. The van der Waals surface area contributed by atoms with Crippen molar-refractivity contribution in [1.82, 2.24) is 20.6 Å². The lowest BCUT2D eigenvalue weighted by molar-refractivity contribution is 0.379. The first-order valence-electron chi connectivity index (χ1n) is 10.3. The predicted octanol–water partition coefficient (Wildman–Crippen LogP) is 4.46. The van der Waals surface area contributed by atoms with Gasteiger partial charge in [-0.15, -0.1) is 24.0 Å². The molecule has 0 radical (unpaired) electrons. The highest BCUT2D eigenvalue weighted by atomic mass is 127. The Labute approximate surface area is 201 Å². The van der Waals surface area contributed by atoms with Gasteiger partial charge in [0.25, 0.3) is 0 Å². The molecule has 2 heterocycles. The second-order valence-corrected chi connectivity index (χ2v) is 8.47. The van der Waals surface area contributed by atoms with Crippen LogP contribution in [0.3, 0.4) is 0 Å². The summed E-state index contributed by atoms with van der Waals surface area (Å²) in [6.45, 7) is 10.2. The molecular formula is C23H33IN6O. The van der Waals surface area contributed by atoms with Gasteiger partial charge in [-0.3, -0.25) is 0 Å². The van der Waals surface area contributed by atoms with E-state index in [1.54, 1.807) is 6.20 Å². The van der Waals surface area contributed by atoms with Gasteiger partial charge in [0, 0.05) is 31.4 Å². The average molecular weight is 536 g/mol. The van der Waals surface area contributed by atoms with Crippen molar-refractivity contribution in [3.63, 3.8) is 0 Å². The topological polar surface area (TPSA) is 78.6 Å². The molecule has 7 nitrogen and oxygen atoms in total. The summed E-state index contributed by atoms with van der Waals surface area (Å²) in [5.41, 5.74) is 2.05. The van der Waals surface area contributed by atoms with E-state index in [4.69, 9.17) is 14.4 Å². The van der Waals surface area contributed by atoms with Crippen LogP contribution in [0.25, 0.3) is 10.9 Å². The van der Waals surface area contributed by atoms with Crippen molar-refractivity contribution in [2.75, 3.05) is 25.5 Å². The van der Waals surface area contributed by atoms with Crippen LogP contribution in [-0.4, -0.2) is 36.6 Å². The molecule has 1 aromatic carbocycles. The zero-order chi connectivity index (χ0) is 21.7. The highest BCUT2D eigenvalue weighted by Gasteiger charge is 2.19. The number of anilines is 1. The van der Waals surface area contributed by atoms with Crippen LogP contribution in [0.15, 0.2) is 45.9 Å². The van der Waals surface area contributed by atoms with Crippen LogP contribution in [0.1, 0.15) is 44.9 Å². The quantitative estimate of drug-likeness (QED) is 0.275. The van der Waals surface area contributed by atoms with Gasteiger partial charge in [-0.1, -0.05) is 39.0 Å². The van der Waals surface area contributed by atoms with E-state index in [1.807, 2.05) is 44.1 Å². The van der Waals surface area contributed by atoms with Crippen LogP contribution in [-0.2, 0) is 18.5 Å². The highest BCUT2D eigenvalue weighted by Crippen LogP contribution is 2.23. The maximum absolute atomic E-state index is 5.87. The van der Waals surface area contributed by atoms with E-state index in [2.05, 4.69) is 48.5 Å². The summed E-state index contributed by atoms with van der Waals surface area (Å²) in [6.07, 6.45) is 1.80. The van der Waals surface area contributed by atoms with Crippen LogP contribution in [0.4, 0.5) is 5.82 Å². The molecule has 0 saturated heterocycles. The lowest BCUT2D eigenvalue weighted by atomic mass is 9.94. The van der Waals surface area contributed by atoms with Crippen molar-refractivity contribution in [2.24, 2.45) is 4.99 Å². The first-order valence-corrected chi connectivity index (χ1v) is 10.3. The second kappa shape index (κ2) is 10.8. The number of para-hydroxylation sites is 1. The number of nitrogens with zero attached hydrogens (tertiary/aromatic N) is 4. The third kappa shape index (κ3) is 6.56. The number of nitrogens with one attached hydrogen (secondary N) is 2. The number of rotatable bonds is 6. The summed E-state index contributed by atoms with van der Waals surface area (Å²) < 4.78 is 5.87. The fourth-order valence-electron chi connectivity index (χ4n) is 3.00. The summed E-state index contributed by atoms with van der Waals surface area (Å²) in [4.78, 5) is 15.9. The molecule has 0 spiro atoms. The number of benzene rings is 1. The van der Waals surface area contributed by atoms with E-state index in [0.29, 0.717) is 19.0 Å². The van der Waals surface area contributed by atoms with Gasteiger partial charge >= 0.3 is 0 Å². The van der Waals surface area contributed by atoms with Crippen LogP contribution < -0.4 is 15.5 Å². The zero-order valence-corrected chi connectivity index (χ0v) is 21.5. The van der Waals surface area contributed by atoms with Crippen molar-refractivity contribution < 1.29 is 4.42 Å². The van der Waals surface area contributed by atoms with Crippen molar-refractivity contribution in [3.8, 4) is 0 Å². The largest absolute Gasteiger partial charge is 0.443 e. The van der Waals surface area contributed by atoms with Crippen LogP contribution in [0, 0.1) is 0 Å². The monoisotopic (exact) mass is 536 g/mol. The molecular weight excluding hydrogens is 503 g/mol. The molecule has 2 aromatic heterocycles. The lowest BCUT2D eigenvalue weighted by Gasteiger charge is -2.15. The number of pyridine rings is 1. The molecule has 31 heavy (non-hydrogen) atoms. The van der Waals surface area contributed by atoms with Crippen LogP contribution >= 0.6 is 24.0 Å². The number of fused-ring (bicyclic) bond motifs is 1. The van der Waals surface area contributed by atoms with Gasteiger partial charge in [0.2, 0.25) is 5.89 Å². The number of hydrogen-bond acceptors (Lipinski definition) is 5. The van der Waals surface area contributed by atoms with Crippen molar-refractivity contribution >= 4 is 46.7 Å². The molecule has 168 valence electrons. The predicted molar refractivity (Wildman–Crippen MR) is 138 cm³/mol. The van der Waals surface area contributed by atoms with Gasteiger partial charge in [0.05, 0.1) is 24.8 Å². The Morgan fingerprint density at radius 3 is 2.55 bits per heavy atom. The maximum Gasteiger partial charge on any atom is 0.213 e. The minimum Gasteiger partial charge on any atom is -0.443 e. The third-order valence-corrected chi connectivity index (χ3v) is 4.70. The molecule has 0 unspecified atom stereocenters. The Hall–Kier alpha value is -2.36. The average Bonchev–Trinajstić information content (AvgIpc) is 3.19. The minimum atomic E-state index is -0.0591. The molecule has 0 aliphatic heterocycles. The van der Waals surface area contributed by atoms with Gasteiger partial charge in [0.1, 0.15) is 11.6 Å². The molecule has 0 bridgehead atoms. The van der Waals surface area contributed by atoms with Crippen LogP contribution in [0.2, 0.25) is 0 Å². The molecule has 2 N–H and O–H groups in total. The maximum atomic E-state index is 5.87. The molecule has 3 aromatic rings. The Kier molecular flexibility index (Phi) is 8.67. The van der Waals surface area contributed by atoms with Crippen molar-refractivity contribution in [2.45, 2.75) is 46.2 Å². The summed E-state index contributed by atoms with van der Waals surface area (Å²) in [7, 11) is 4.00. The van der Waals surface area contributed by atoms with E-state index < -0.39 is 0 Å². The van der Waals surface area contributed by atoms with Crippen molar-refractivity contribution in [1.29, 1.82) is 0 Å². The number of guanidine groups is 1. The first-order chi connectivity index (χ1) is 14.3. The Morgan fingerprint density at radius 2 is 1.90 bits per heavy atom.